The van der Waals surface area contributed by atoms with Crippen molar-refractivity contribution in [2.45, 2.75) is 66.1 Å². The molecule has 0 saturated heterocycles. The number of rotatable bonds is 6. The van der Waals surface area contributed by atoms with Gasteiger partial charge >= 0.3 is 0 Å². The summed E-state index contributed by atoms with van der Waals surface area (Å²) in [6.45, 7) is 13.8. The SMILES string of the molecule is CC(C)OCCN(C)CC1CC(C(C)(C)C)CCC1O. The van der Waals surface area contributed by atoms with E-state index in [0.29, 0.717) is 17.4 Å². The quantitative estimate of drug-likeness (QED) is 0.813. The van der Waals surface area contributed by atoms with Gasteiger partial charge < -0.3 is 14.7 Å². The minimum absolute atomic E-state index is 0.123. The fraction of sp³-hybridized carbons (Fsp3) is 1.00. The molecule has 0 heterocycles. The van der Waals surface area contributed by atoms with Crippen molar-refractivity contribution in [1.82, 2.24) is 4.90 Å². The summed E-state index contributed by atoms with van der Waals surface area (Å²) < 4.78 is 5.60. The molecule has 3 atom stereocenters. The molecular weight excluding hydrogens is 250 g/mol. The highest BCUT2D eigenvalue weighted by Crippen LogP contribution is 2.40. The van der Waals surface area contributed by atoms with Crippen molar-refractivity contribution in [2.75, 3.05) is 26.7 Å². The number of ether oxygens (including phenoxy) is 1. The number of likely N-dealkylation sites (N-methyl/N-ethyl adjacent to an activating group) is 1. The molecule has 3 nitrogen and oxygen atoms in total. The molecular formula is C17H35NO2. The maximum Gasteiger partial charge on any atom is 0.0596 e. The number of aliphatic hydroxyl groups is 1. The lowest BCUT2D eigenvalue weighted by Crippen LogP contribution is -2.41. The largest absolute Gasteiger partial charge is 0.393 e. The summed E-state index contributed by atoms with van der Waals surface area (Å²) in [6, 6.07) is 0. The molecule has 0 aromatic heterocycles. The normalized spacial score (nSPS) is 28.4. The van der Waals surface area contributed by atoms with Gasteiger partial charge in [0.15, 0.2) is 0 Å². The van der Waals surface area contributed by atoms with Gasteiger partial charge in [0.1, 0.15) is 0 Å². The van der Waals surface area contributed by atoms with Crippen LogP contribution >= 0.6 is 0 Å². The van der Waals surface area contributed by atoms with Crippen LogP contribution in [0, 0.1) is 17.3 Å². The van der Waals surface area contributed by atoms with Crippen molar-refractivity contribution in [3.63, 3.8) is 0 Å². The smallest absolute Gasteiger partial charge is 0.0596 e. The third kappa shape index (κ3) is 6.11. The molecule has 0 bridgehead atoms. The Morgan fingerprint density at radius 1 is 1.25 bits per heavy atom. The third-order valence-corrected chi connectivity index (χ3v) is 4.64. The molecule has 1 fully saturated rings. The third-order valence-electron chi connectivity index (χ3n) is 4.64. The lowest BCUT2D eigenvalue weighted by molar-refractivity contribution is 0.0000655. The van der Waals surface area contributed by atoms with Crippen LogP contribution in [0.2, 0.25) is 0 Å². The van der Waals surface area contributed by atoms with Gasteiger partial charge in [0, 0.05) is 13.1 Å². The lowest BCUT2D eigenvalue weighted by atomic mass is 9.68. The van der Waals surface area contributed by atoms with E-state index in [1.165, 1.54) is 6.42 Å². The molecule has 0 spiro atoms. The Hall–Kier alpha value is -0.120. The fourth-order valence-electron chi connectivity index (χ4n) is 3.17. The molecule has 1 aliphatic rings. The molecule has 1 rings (SSSR count). The van der Waals surface area contributed by atoms with Crippen LogP contribution in [0.5, 0.6) is 0 Å². The summed E-state index contributed by atoms with van der Waals surface area (Å²) in [6.07, 6.45) is 3.46. The molecule has 0 radical (unpaired) electrons. The molecule has 0 aromatic rings. The Bertz CT molecular complexity index is 273. The molecule has 1 N–H and O–H groups in total. The van der Waals surface area contributed by atoms with Crippen LogP contribution in [0.4, 0.5) is 0 Å². The molecule has 1 saturated carbocycles. The average molecular weight is 285 g/mol. The molecule has 1 aliphatic carbocycles. The second kappa shape index (κ2) is 7.77. The van der Waals surface area contributed by atoms with E-state index in [4.69, 9.17) is 4.74 Å². The molecule has 0 aromatic carbocycles. The summed E-state index contributed by atoms with van der Waals surface area (Å²) in [4.78, 5) is 2.31. The van der Waals surface area contributed by atoms with E-state index in [0.717, 1.165) is 38.5 Å². The predicted molar refractivity (Wildman–Crippen MR) is 84.9 cm³/mol. The van der Waals surface area contributed by atoms with Crippen molar-refractivity contribution in [2.24, 2.45) is 17.3 Å². The van der Waals surface area contributed by atoms with Crippen LogP contribution < -0.4 is 0 Å². The van der Waals surface area contributed by atoms with Gasteiger partial charge in [-0.1, -0.05) is 20.8 Å². The first-order valence-corrected chi connectivity index (χ1v) is 8.18. The van der Waals surface area contributed by atoms with Gasteiger partial charge in [-0.15, -0.1) is 0 Å². The highest BCUT2D eigenvalue weighted by molar-refractivity contribution is 4.86. The number of aliphatic hydroxyl groups excluding tert-OH is 1. The molecule has 0 amide bonds. The second-order valence-corrected chi connectivity index (χ2v) is 7.89. The first-order valence-electron chi connectivity index (χ1n) is 8.18. The number of hydrogen-bond acceptors (Lipinski definition) is 3. The topological polar surface area (TPSA) is 32.7 Å². The number of hydrogen-bond donors (Lipinski definition) is 1. The highest BCUT2D eigenvalue weighted by atomic mass is 16.5. The zero-order valence-electron chi connectivity index (χ0n) is 14.4. The molecule has 20 heavy (non-hydrogen) atoms. The van der Waals surface area contributed by atoms with Crippen LogP contribution in [-0.4, -0.2) is 49.0 Å². The van der Waals surface area contributed by atoms with Crippen LogP contribution in [0.25, 0.3) is 0 Å². The minimum atomic E-state index is -0.123. The first-order chi connectivity index (χ1) is 9.20. The maximum absolute atomic E-state index is 10.3. The second-order valence-electron chi connectivity index (χ2n) is 7.89. The van der Waals surface area contributed by atoms with E-state index in [-0.39, 0.29) is 6.10 Å². The highest BCUT2D eigenvalue weighted by Gasteiger charge is 2.35. The maximum atomic E-state index is 10.3. The van der Waals surface area contributed by atoms with Crippen LogP contribution in [0.15, 0.2) is 0 Å². The minimum Gasteiger partial charge on any atom is -0.393 e. The van der Waals surface area contributed by atoms with E-state index in [2.05, 4.69) is 46.6 Å². The van der Waals surface area contributed by atoms with Crippen molar-refractivity contribution >= 4 is 0 Å². The van der Waals surface area contributed by atoms with Gasteiger partial charge in [0.05, 0.1) is 18.8 Å². The van der Waals surface area contributed by atoms with Gasteiger partial charge in [-0.05, 0) is 57.4 Å². The molecule has 3 heteroatoms. The monoisotopic (exact) mass is 285 g/mol. The predicted octanol–water partition coefficient (Wildman–Crippen LogP) is 3.17. The standard InChI is InChI=1S/C17H35NO2/c1-13(2)20-10-9-18(6)12-14-11-15(17(3,4)5)7-8-16(14)19/h13-16,19H,7-12H2,1-6H3. The Morgan fingerprint density at radius 2 is 1.90 bits per heavy atom. The molecule has 0 aliphatic heterocycles. The van der Waals surface area contributed by atoms with Gasteiger partial charge in [0.2, 0.25) is 0 Å². The summed E-state index contributed by atoms with van der Waals surface area (Å²) in [5.74, 6) is 1.15. The van der Waals surface area contributed by atoms with E-state index in [1.54, 1.807) is 0 Å². The Morgan fingerprint density at radius 3 is 2.45 bits per heavy atom. The zero-order valence-corrected chi connectivity index (χ0v) is 14.4. The van der Waals surface area contributed by atoms with Crippen molar-refractivity contribution < 1.29 is 9.84 Å². The van der Waals surface area contributed by atoms with E-state index in [9.17, 15) is 5.11 Å². The summed E-state index contributed by atoms with van der Waals surface area (Å²) in [5, 5.41) is 10.3. The first kappa shape index (κ1) is 17.9. The lowest BCUT2D eigenvalue weighted by Gasteiger charge is -2.41. The summed E-state index contributed by atoms with van der Waals surface area (Å²) in [7, 11) is 2.14. The van der Waals surface area contributed by atoms with Gasteiger partial charge in [-0.2, -0.15) is 0 Å². The van der Waals surface area contributed by atoms with E-state index >= 15 is 0 Å². The number of nitrogens with zero attached hydrogens (tertiary/aromatic N) is 1. The van der Waals surface area contributed by atoms with Crippen LogP contribution in [-0.2, 0) is 4.74 Å². The van der Waals surface area contributed by atoms with Gasteiger partial charge in [-0.3, -0.25) is 0 Å². The summed E-state index contributed by atoms with van der Waals surface area (Å²) >= 11 is 0. The fourth-order valence-corrected chi connectivity index (χ4v) is 3.17. The zero-order chi connectivity index (χ0) is 15.3. The Kier molecular flexibility index (Phi) is 6.96. The molecule has 120 valence electrons. The molecule has 3 unspecified atom stereocenters. The van der Waals surface area contributed by atoms with E-state index in [1.807, 2.05) is 0 Å². The van der Waals surface area contributed by atoms with Crippen LogP contribution in [0.3, 0.4) is 0 Å². The summed E-state index contributed by atoms with van der Waals surface area (Å²) in [5.41, 5.74) is 0.359. The van der Waals surface area contributed by atoms with Crippen molar-refractivity contribution in [3.05, 3.63) is 0 Å². The van der Waals surface area contributed by atoms with Crippen molar-refractivity contribution in [1.29, 1.82) is 0 Å². The average Bonchev–Trinajstić information content (AvgIpc) is 2.30. The van der Waals surface area contributed by atoms with E-state index < -0.39 is 0 Å². The van der Waals surface area contributed by atoms with Crippen LogP contribution in [0.1, 0.15) is 53.9 Å². The van der Waals surface area contributed by atoms with Gasteiger partial charge in [0.25, 0.3) is 0 Å². The Labute approximate surface area is 125 Å². The van der Waals surface area contributed by atoms with Gasteiger partial charge in [-0.25, -0.2) is 0 Å². The Balaban J connectivity index is 2.40. The van der Waals surface area contributed by atoms with Crippen molar-refractivity contribution in [3.8, 4) is 0 Å².